The normalized spacial score (nSPS) is 12.1. The van der Waals surface area contributed by atoms with Crippen LogP contribution in [0.5, 0.6) is 11.5 Å². The topological polar surface area (TPSA) is 84.0 Å². The van der Waals surface area contributed by atoms with E-state index in [9.17, 15) is 4.79 Å². The van der Waals surface area contributed by atoms with Gasteiger partial charge in [0, 0.05) is 36.3 Å². The van der Waals surface area contributed by atoms with E-state index >= 15 is 0 Å². The molecule has 0 spiro atoms. The third-order valence-corrected chi connectivity index (χ3v) is 4.91. The van der Waals surface area contributed by atoms with Crippen molar-refractivity contribution < 1.29 is 14.3 Å². The molecule has 0 fully saturated rings. The van der Waals surface area contributed by atoms with Crippen LogP contribution in [0.25, 0.3) is 0 Å². The van der Waals surface area contributed by atoms with Crippen molar-refractivity contribution in [2.24, 2.45) is 4.99 Å². The van der Waals surface area contributed by atoms with Gasteiger partial charge in [-0.25, -0.2) is 4.99 Å². The molecular weight excluding hydrogens is 392 g/mol. The lowest BCUT2D eigenvalue weighted by molar-refractivity contribution is 0.0939. The summed E-state index contributed by atoms with van der Waals surface area (Å²) in [7, 11) is 3.28. The third kappa shape index (κ3) is 7.51. The largest absolute Gasteiger partial charge is 0.497 e. The Labute approximate surface area is 185 Å². The van der Waals surface area contributed by atoms with Crippen molar-refractivity contribution in [3.05, 3.63) is 59.2 Å². The van der Waals surface area contributed by atoms with Crippen molar-refractivity contribution in [3.8, 4) is 11.5 Å². The van der Waals surface area contributed by atoms with Crippen LogP contribution in [0.4, 0.5) is 0 Å². The first-order chi connectivity index (χ1) is 15.0. The molecule has 0 radical (unpaired) electrons. The molecule has 0 bridgehead atoms. The fraction of sp³-hybridized carbons (Fsp3) is 0.417. The minimum Gasteiger partial charge on any atom is -0.497 e. The number of ether oxygens (including phenoxy) is 2. The summed E-state index contributed by atoms with van der Waals surface area (Å²) < 4.78 is 10.7. The number of hydrogen-bond acceptors (Lipinski definition) is 4. The molecule has 0 aromatic heterocycles. The molecule has 0 saturated heterocycles. The number of rotatable bonds is 10. The first-order valence-corrected chi connectivity index (χ1v) is 10.6. The minimum atomic E-state index is -0.0483. The first kappa shape index (κ1) is 24.1. The van der Waals surface area contributed by atoms with Gasteiger partial charge in [-0.05, 0) is 50.1 Å². The molecule has 0 heterocycles. The third-order valence-electron chi connectivity index (χ3n) is 4.91. The highest BCUT2D eigenvalue weighted by Crippen LogP contribution is 2.24. The molecule has 0 saturated carbocycles. The van der Waals surface area contributed by atoms with Crippen LogP contribution in [0.2, 0.25) is 0 Å². The lowest BCUT2D eigenvalue weighted by atomic mass is 10.1. The highest BCUT2D eigenvalue weighted by Gasteiger charge is 2.09. The molecule has 2 aromatic carbocycles. The number of methoxy groups -OCH3 is 2. The zero-order chi connectivity index (χ0) is 22.6. The predicted molar refractivity (Wildman–Crippen MR) is 125 cm³/mol. The highest BCUT2D eigenvalue weighted by atomic mass is 16.5. The number of benzene rings is 2. The number of aliphatic imine (C=N–C) groups is 1. The van der Waals surface area contributed by atoms with Crippen LogP contribution in [0, 0.1) is 0 Å². The number of carbonyl (C=O) groups excluding carboxylic acids is 1. The van der Waals surface area contributed by atoms with Crippen molar-refractivity contribution in [3.63, 3.8) is 0 Å². The van der Waals surface area contributed by atoms with Crippen molar-refractivity contribution >= 4 is 11.9 Å². The Morgan fingerprint density at radius 2 is 1.77 bits per heavy atom. The summed E-state index contributed by atoms with van der Waals surface area (Å²) in [5.41, 5.74) is 2.69. The number of amides is 1. The summed E-state index contributed by atoms with van der Waals surface area (Å²) in [5, 5.41) is 9.56. The minimum absolute atomic E-state index is 0.0483. The number of nitrogens with zero attached hydrogens (tertiary/aromatic N) is 1. The number of guanidine groups is 1. The zero-order valence-corrected chi connectivity index (χ0v) is 19.1. The number of carbonyl (C=O) groups is 1. The van der Waals surface area contributed by atoms with E-state index in [1.54, 1.807) is 14.2 Å². The quantitative estimate of drug-likeness (QED) is 0.400. The molecule has 2 aromatic rings. The Kier molecular flexibility index (Phi) is 9.68. The number of nitrogens with one attached hydrogen (secondary N) is 3. The van der Waals surface area contributed by atoms with Gasteiger partial charge in [0.2, 0.25) is 0 Å². The van der Waals surface area contributed by atoms with E-state index in [2.05, 4.69) is 20.9 Å². The second kappa shape index (κ2) is 12.5. The van der Waals surface area contributed by atoms with Gasteiger partial charge in [0.25, 0.3) is 5.91 Å². The lowest BCUT2D eigenvalue weighted by Crippen LogP contribution is -2.36. The maximum atomic E-state index is 12.2. The SMILES string of the molecule is CCNC(=NCc1ccc(C(=O)NC(C)CC)cc1)NCc1ccc(OC)cc1OC. The molecule has 0 aliphatic heterocycles. The highest BCUT2D eigenvalue weighted by molar-refractivity contribution is 5.94. The van der Waals surface area contributed by atoms with E-state index in [0.29, 0.717) is 24.6 Å². The fourth-order valence-electron chi connectivity index (χ4n) is 2.86. The summed E-state index contributed by atoms with van der Waals surface area (Å²) in [5.74, 6) is 2.17. The van der Waals surface area contributed by atoms with Crippen LogP contribution in [0.15, 0.2) is 47.5 Å². The summed E-state index contributed by atoms with van der Waals surface area (Å²) >= 11 is 0. The van der Waals surface area contributed by atoms with Gasteiger partial charge in [0.15, 0.2) is 5.96 Å². The average molecular weight is 427 g/mol. The molecule has 0 aliphatic rings. The Hall–Kier alpha value is -3.22. The molecule has 3 N–H and O–H groups in total. The van der Waals surface area contributed by atoms with Crippen LogP contribution >= 0.6 is 0 Å². The van der Waals surface area contributed by atoms with Gasteiger partial charge in [-0.1, -0.05) is 19.1 Å². The van der Waals surface area contributed by atoms with Crippen LogP contribution in [0.1, 0.15) is 48.7 Å². The van der Waals surface area contributed by atoms with Crippen molar-refractivity contribution in [2.45, 2.75) is 46.3 Å². The Morgan fingerprint density at radius 1 is 1.03 bits per heavy atom. The molecule has 1 unspecified atom stereocenters. The zero-order valence-electron chi connectivity index (χ0n) is 19.1. The van der Waals surface area contributed by atoms with Crippen molar-refractivity contribution in [2.75, 3.05) is 20.8 Å². The average Bonchev–Trinajstić information content (AvgIpc) is 2.80. The second-order valence-corrected chi connectivity index (χ2v) is 7.21. The first-order valence-electron chi connectivity index (χ1n) is 10.6. The molecule has 7 heteroatoms. The second-order valence-electron chi connectivity index (χ2n) is 7.21. The summed E-state index contributed by atoms with van der Waals surface area (Å²) in [6.45, 7) is 7.89. The van der Waals surface area contributed by atoms with E-state index in [1.807, 2.05) is 63.2 Å². The monoisotopic (exact) mass is 426 g/mol. The maximum Gasteiger partial charge on any atom is 0.251 e. The fourth-order valence-corrected chi connectivity index (χ4v) is 2.86. The molecule has 0 aliphatic carbocycles. The van der Waals surface area contributed by atoms with Crippen LogP contribution in [-0.2, 0) is 13.1 Å². The van der Waals surface area contributed by atoms with E-state index in [4.69, 9.17) is 9.47 Å². The lowest BCUT2D eigenvalue weighted by Gasteiger charge is -2.14. The Bertz CT molecular complexity index is 866. The maximum absolute atomic E-state index is 12.2. The molecule has 1 amide bonds. The van der Waals surface area contributed by atoms with Crippen molar-refractivity contribution in [1.82, 2.24) is 16.0 Å². The van der Waals surface area contributed by atoms with E-state index < -0.39 is 0 Å². The molecule has 31 heavy (non-hydrogen) atoms. The van der Waals surface area contributed by atoms with Crippen molar-refractivity contribution in [1.29, 1.82) is 0 Å². The molecule has 2 rings (SSSR count). The Morgan fingerprint density at radius 3 is 2.39 bits per heavy atom. The van der Waals surface area contributed by atoms with Gasteiger partial charge in [-0.2, -0.15) is 0 Å². The standard InChI is InChI=1S/C24H34N4O3/c1-6-17(3)28-23(29)19-10-8-18(9-11-19)15-26-24(25-7-2)27-16-20-12-13-21(30-4)14-22(20)31-5/h8-14,17H,6-7,15-16H2,1-5H3,(H,28,29)(H2,25,26,27). The molecular formula is C24H34N4O3. The van der Waals surface area contributed by atoms with Gasteiger partial charge >= 0.3 is 0 Å². The van der Waals surface area contributed by atoms with Crippen LogP contribution in [0.3, 0.4) is 0 Å². The van der Waals surface area contributed by atoms with Gasteiger partial charge in [0.05, 0.1) is 20.8 Å². The van der Waals surface area contributed by atoms with Gasteiger partial charge < -0.3 is 25.4 Å². The van der Waals surface area contributed by atoms with Crippen LogP contribution < -0.4 is 25.4 Å². The summed E-state index contributed by atoms with van der Waals surface area (Å²) in [6, 6.07) is 13.4. The molecule has 7 nitrogen and oxygen atoms in total. The summed E-state index contributed by atoms with van der Waals surface area (Å²) in [6.07, 6.45) is 0.904. The summed E-state index contributed by atoms with van der Waals surface area (Å²) in [4.78, 5) is 16.9. The molecule has 168 valence electrons. The number of hydrogen-bond donors (Lipinski definition) is 3. The Balaban J connectivity index is 2.00. The smallest absolute Gasteiger partial charge is 0.251 e. The van der Waals surface area contributed by atoms with E-state index in [0.717, 1.165) is 35.6 Å². The molecule has 1 atom stereocenters. The predicted octanol–water partition coefficient (Wildman–Crippen LogP) is 3.49. The van der Waals surface area contributed by atoms with Gasteiger partial charge in [0.1, 0.15) is 11.5 Å². The van der Waals surface area contributed by atoms with E-state index in [1.165, 1.54) is 0 Å². The van der Waals surface area contributed by atoms with Gasteiger partial charge in [-0.3, -0.25) is 4.79 Å². The van der Waals surface area contributed by atoms with Gasteiger partial charge in [-0.15, -0.1) is 0 Å². The van der Waals surface area contributed by atoms with E-state index in [-0.39, 0.29) is 11.9 Å². The van der Waals surface area contributed by atoms with Crippen LogP contribution in [-0.4, -0.2) is 38.7 Å².